The van der Waals surface area contributed by atoms with E-state index in [1.807, 2.05) is 50.2 Å². The van der Waals surface area contributed by atoms with Crippen LogP contribution in [0.4, 0.5) is 17.2 Å². The van der Waals surface area contributed by atoms with Crippen molar-refractivity contribution < 1.29 is 9.53 Å². The maximum atomic E-state index is 13.2. The van der Waals surface area contributed by atoms with Crippen LogP contribution < -0.4 is 15.4 Å². The molecule has 1 amide bonds. The van der Waals surface area contributed by atoms with Crippen molar-refractivity contribution in [1.82, 2.24) is 14.6 Å². The number of fused-ring (bicyclic) bond motifs is 1. The van der Waals surface area contributed by atoms with Crippen molar-refractivity contribution in [3.63, 3.8) is 0 Å². The lowest BCUT2D eigenvalue weighted by molar-refractivity contribution is 0.102. The summed E-state index contributed by atoms with van der Waals surface area (Å²) in [5, 5.41) is 10.8. The molecule has 2 N–H and O–H groups in total. The molecule has 4 aromatic rings. The zero-order valence-corrected chi connectivity index (χ0v) is 16.4. The van der Waals surface area contributed by atoms with Crippen LogP contribution in [0, 0.1) is 13.8 Å². The molecule has 0 saturated heterocycles. The predicted octanol–water partition coefficient (Wildman–Crippen LogP) is 4.35. The second-order valence-electron chi connectivity index (χ2n) is 6.67. The van der Waals surface area contributed by atoms with Crippen LogP contribution >= 0.6 is 0 Å². The molecule has 2 aromatic carbocycles. The average molecular weight is 387 g/mol. The molecule has 2 aromatic heterocycles. The van der Waals surface area contributed by atoms with E-state index in [1.165, 1.54) is 0 Å². The number of carbonyl (C=O) groups excluding carboxylic acids is 1. The number of amides is 1. The summed E-state index contributed by atoms with van der Waals surface area (Å²) in [5.74, 6) is 0.878. The lowest BCUT2D eigenvalue weighted by Crippen LogP contribution is -2.14. The van der Waals surface area contributed by atoms with Crippen LogP contribution in [0.15, 0.2) is 60.7 Å². The lowest BCUT2D eigenvalue weighted by atomic mass is 10.2. The molecule has 4 rings (SSSR count). The summed E-state index contributed by atoms with van der Waals surface area (Å²) in [6, 6.07) is 18.7. The van der Waals surface area contributed by atoms with E-state index >= 15 is 0 Å². The molecule has 0 unspecified atom stereocenters. The molecule has 0 spiro atoms. The number of methoxy groups -OCH3 is 1. The van der Waals surface area contributed by atoms with Gasteiger partial charge in [-0.05, 0) is 56.3 Å². The van der Waals surface area contributed by atoms with Crippen LogP contribution in [0.1, 0.15) is 21.7 Å². The van der Waals surface area contributed by atoms with Crippen molar-refractivity contribution in [3.8, 4) is 5.75 Å². The SMILES string of the molecule is COc1ccc(NC(=O)c2c(Nc3ccccc3)nn3c(C)cc(C)nc23)cc1. The number of hydrogen-bond donors (Lipinski definition) is 2. The summed E-state index contributed by atoms with van der Waals surface area (Å²) in [7, 11) is 1.60. The molecule has 29 heavy (non-hydrogen) atoms. The van der Waals surface area contributed by atoms with Gasteiger partial charge in [-0.3, -0.25) is 4.79 Å². The number of benzene rings is 2. The molecule has 7 heteroatoms. The second kappa shape index (κ2) is 7.63. The van der Waals surface area contributed by atoms with Crippen LogP contribution in [0.2, 0.25) is 0 Å². The van der Waals surface area contributed by atoms with Gasteiger partial charge in [-0.25, -0.2) is 9.50 Å². The van der Waals surface area contributed by atoms with E-state index in [1.54, 1.807) is 35.9 Å². The topological polar surface area (TPSA) is 80.5 Å². The summed E-state index contributed by atoms with van der Waals surface area (Å²) in [5.41, 5.74) is 4.10. The van der Waals surface area contributed by atoms with Gasteiger partial charge in [0, 0.05) is 22.8 Å². The Morgan fingerprint density at radius 1 is 1.00 bits per heavy atom. The zero-order chi connectivity index (χ0) is 20.4. The van der Waals surface area contributed by atoms with Crippen molar-refractivity contribution >= 4 is 28.7 Å². The van der Waals surface area contributed by atoms with Gasteiger partial charge in [0.15, 0.2) is 11.5 Å². The number of aromatic nitrogens is 3. The Hall–Kier alpha value is -3.87. The fraction of sp³-hybridized carbons (Fsp3) is 0.136. The third-order valence-corrected chi connectivity index (χ3v) is 4.51. The van der Waals surface area contributed by atoms with Crippen molar-refractivity contribution in [3.05, 3.63) is 77.6 Å². The van der Waals surface area contributed by atoms with Gasteiger partial charge in [0.1, 0.15) is 11.3 Å². The predicted molar refractivity (Wildman–Crippen MR) is 113 cm³/mol. The number of ether oxygens (including phenoxy) is 1. The first-order valence-electron chi connectivity index (χ1n) is 9.19. The van der Waals surface area contributed by atoms with Gasteiger partial charge in [0.25, 0.3) is 5.91 Å². The van der Waals surface area contributed by atoms with Crippen LogP contribution in [-0.2, 0) is 0 Å². The van der Waals surface area contributed by atoms with Crippen molar-refractivity contribution in [2.75, 3.05) is 17.7 Å². The standard InChI is InChI=1S/C22H21N5O2/c1-14-13-15(2)27-21(23-14)19(20(26-27)24-16-7-5-4-6-8-16)22(28)25-17-9-11-18(29-3)12-10-17/h4-13H,1-3H3,(H,24,26)(H,25,28). The van der Waals surface area contributed by atoms with E-state index in [0.29, 0.717) is 22.7 Å². The number of aryl methyl sites for hydroxylation is 2. The average Bonchev–Trinajstić information content (AvgIpc) is 3.07. The maximum absolute atomic E-state index is 13.2. The molecule has 2 heterocycles. The smallest absolute Gasteiger partial charge is 0.263 e. The number of rotatable bonds is 5. The Labute approximate surface area is 168 Å². The monoisotopic (exact) mass is 387 g/mol. The Kier molecular flexibility index (Phi) is 4.87. The second-order valence-corrected chi connectivity index (χ2v) is 6.67. The molecular formula is C22H21N5O2. The van der Waals surface area contributed by atoms with E-state index in [4.69, 9.17) is 4.74 Å². The van der Waals surface area contributed by atoms with Crippen LogP contribution in [0.3, 0.4) is 0 Å². The van der Waals surface area contributed by atoms with E-state index in [2.05, 4.69) is 20.7 Å². The van der Waals surface area contributed by atoms with Crippen LogP contribution in [0.25, 0.3) is 5.65 Å². The van der Waals surface area contributed by atoms with E-state index in [9.17, 15) is 4.79 Å². The number of anilines is 3. The highest BCUT2D eigenvalue weighted by atomic mass is 16.5. The van der Waals surface area contributed by atoms with E-state index in [-0.39, 0.29) is 5.91 Å². The first-order valence-corrected chi connectivity index (χ1v) is 9.19. The van der Waals surface area contributed by atoms with Gasteiger partial charge in [-0.2, -0.15) is 0 Å². The van der Waals surface area contributed by atoms with Gasteiger partial charge >= 0.3 is 0 Å². The molecule has 0 atom stereocenters. The highest BCUT2D eigenvalue weighted by Gasteiger charge is 2.23. The fourth-order valence-electron chi connectivity index (χ4n) is 3.14. The number of nitrogens with one attached hydrogen (secondary N) is 2. The minimum atomic E-state index is -0.291. The first kappa shape index (κ1) is 18.5. The summed E-state index contributed by atoms with van der Waals surface area (Å²) >= 11 is 0. The molecule has 0 saturated carbocycles. The minimum Gasteiger partial charge on any atom is -0.497 e. The first-order chi connectivity index (χ1) is 14.0. The summed E-state index contributed by atoms with van der Waals surface area (Å²) in [6.07, 6.45) is 0. The summed E-state index contributed by atoms with van der Waals surface area (Å²) < 4.78 is 6.85. The normalized spacial score (nSPS) is 10.7. The van der Waals surface area contributed by atoms with Crippen molar-refractivity contribution in [1.29, 1.82) is 0 Å². The highest BCUT2D eigenvalue weighted by Crippen LogP contribution is 2.26. The third-order valence-electron chi connectivity index (χ3n) is 4.51. The molecule has 7 nitrogen and oxygen atoms in total. The Bertz CT molecular complexity index is 1170. The largest absolute Gasteiger partial charge is 0.497 e. The molecule has 0 radical (unpaired) electrons. The Morgan fingerprint density at radius 3 is 2.41 bits per heavy atom. The lowest BCUT2D eigenvalue weighted by Gasteiger charge is -2.08. The van der Waals surface area contributed by atoms with Gasteiger partial charge < -0.3 is 15.4 Å². The molecule has 0 bridgehead atoms. The zero-order valence-electron chi connectivity index (χ0n) is 16.4. The van der Waals surface area contributed by atoms with Crippen LogP contribution in [-0.4, -0.2) is 27.6 Å². The molecule has 0 aliphatic rings. The molecular weight excluding hydrogens is 366 g/mol. The number of nitrogens with zero attached hydrogens (tertiary/aromatic N) is 3. The van der Waals surface area contributed by atoms with Gasteiger partial charge in [0.2, 0.25) is 0 Å². The molecule has 0 fully saturated rings. The third kappa shape index (κ3) is 3.75. The number of para-hydroxylation sites is 1. The highest BCUT2D eigenvalue weighted by molar-refractivity contribution is 6.12. The summed E-state index contributed by atoms with van der Waals surface area (Å²) in [4.78, 5) is 17.8. The molecule has 0 aliphatic heterocycles. The number of hydrogen-bond acceptors (Lipinski definition) is 5. The Balaban J connectivity index is 1.77. The maximum Gasteiger partial charge on any atom is 0.263 e. The summed E-state index contributed by atoms with van der Waals surface area (Å²) in [6.45, 7) is 3.83. The Morgan fingerprint density at radius 2 is 1.72 bits per heavy atom. The van der Waals surface area contributed by atoms with Crippen molar-refractivity contribution in [2.24, 2.45) is 0 Å². The van der Waals surface area contributed by atoms with Gasteiger partial charge in [-0.15, -0.1) is 5.10 Å². The van der Waals surface area contributed by atoms with Crippen molar-refractivity contribution in [2.45, 2.75) is 13.8 Å². The fourth-order valence-corrected chi connectivity index (χ4v) is 3.14. The van der Waals surface area contributed by atoms with Crippen LogP contribution in [0.5, 0.6) is 5.75 Å². The van der Waals surface area contributed by atoms with Gasteiger partial charge in [0.05, 0.1) is 7.11 Å². The van der Waals surface area contributed by atoms with E-state index < -0.39 is 0 Å². The van der Waals surface area contributed by atoms with E-state index in [0.717, 1.165) is 22.8 Å². The minimum absolute atomic E-state index is 0.291. The van der Waals surface area contributed by atoms with Gasteiger partial charge in [-0.1, -0.05) is 18.2 Å². The molecule has 0 aliphatic carbocycles. The quantitative estimate of drug-likeness (QED) is 0.532. The number of carbonyl (C=O) groups is 1. The molecule has 146 valence electrons.